The van der Waals surface area contributed by atoms with Crippen molar-refractivity contribution in [2.45, 2.75) is 19.4 Å². The van der Waals surface area contributed by atoms with Gasteiger partial charge >= 0.3 is 5.97 Å². The summed E-state index contributed by atoms with van der Waals surface area (Å²) in [6.45, 7) is 0.791. The van der Waals surface area contributed by atoms with E-state index >= 15 is 0 Å². The van der Waals surface area contributed by atoms with Crippen molar-refractivity contribution in [3.05, 3.63) is 35.1 Å². The van der Waals surface area contributed by atoms with Crippen molar-refractivity contribution in [2.24, 2.45) is 5.92 Å². The van der Waals surface area contributed by atoms with Gasteiger partial charge < -0.3 is 5.11 Å². The van der Waals surface area contributed by atoms with E-state index in [0.717, 1.165) is 12.8 Å². The Balaban J connectivity index is 2.11. The summed E-state index contributed by atoms with van der Waals surface area (Å²) in [5.74, 6) is -0.935. The third-order valence-electron chi connectivity index (χ3n) is 3.17. The molecule has 0 aliphatic heterocycles. The molecule has 0 heterocycles. The van der Waals surface area contributed by atoms with Gasteiger partial charge in [-0.1, -0.05) is 12.1 Å². The van der Waals surface area contributed by atoms with Gasteiger partial charge in [-0.15, -0.1) is 0 Å². The highest BCUT2D eigenvalue weighted by Crippen LogP contribution is 2.30. The number of benzene rings is 1. The van der Waals surface area contributed by atoms with Crippen LogP contribution in [-0.4, -0.2) is 29.1 Å². The summed E-state index contributed by atoms with van der Waals surface area (Å²) in [7, 11) is 0. The van der Waals surface area contributed by atoms with Crippen LogP contribution in [0.25, 0.3) is 0 Å². The van der Waals surface area contributed by atoms with Gasteiger partial charge in [0.2, 0.25) is 0 Å². The number of hydrogen-bond acceptors (Lipinski definition) is 3. The van der Waals surface area contributed by atoms with E-state index in [1.807, 2.05) is 0 Å². The minimum Gasteiger partial charge on any atom is -0.480 e. The topological polar surface area (TPSA) is 64.3 Å². The molecule has 0 unspecified atom stereocenters. The second-order valence-electron chi connectivity index (χ2n) is 4.90. The smallest absolute Gasteiger partial charge is 0.317 e. The molecule has 1 saturated carbocycles. The van der Waals surface area contributed by atoms with Gasteiger partial charge in [-0.3, -0.25) is 9.69 Å². The van der Waals surface area contributed by atoms with Gasteiger partial charge in [-0.05, 0) is 24.8 Å². The quantitative estimate of drug-likeness (QED) is 0.851. The molecule has 0 radical (unpaired) electrons. The minimum atomic E-state index is -0.919. The Morgan fingerprint density at radius 3 is 2.84 bits per heavy atom. The molecule has 100 valence electrons. The molecule has 4 nitrogen and oxygen atoms in total. The van der Waals surface area contributed by atoms with Crippen LogP contribution in [-0.2, 0) is 11.3 Å². The Bertz CT molecular complexity index is 521. The van der Waals surface area contributed by atoms with E-state index < -0.39 is 11.8 Å². The van der Waals surface area contributed by atoms with Gasteiger partial charge in [0, 0.05) is 18.7 Å². The maximum atomic E-state index is 13.9. The Hall–Kier alpha value is -1.93. The van der Waals surface area contributed by atoms with Gasteiger partial charge in [-0.2, -0.15) is 5.26 Å². The van der Waals surface area contributed by atoms with Crippen molar-refractivity contribution in [2.75, 3.05) is 13.1 Å². The minimum absolute atomic E-state index is 0.000744. The largest absolute Gasteiger partial charge is 0.480 e. The molecule has 0 aromatic heterocycles. The Kier molecular flexibility index (Phi) is 4.13. The molecule has 1 aliphatic carbocycles. The Labute approximate surface area is 111 Å². The molecule has 1 N–H and O–H groups in total. The summed E-state index contributed by atoms with van der Waals surface area (Å²) >= 11 is 0. The summed E-state index contributed by atoms with van der Waals surface area (Å²) < 4.78 is 13.9. The molecular formula is C14H15FN2O2. The highest BCUT2D eigenvalue weighted by molar-refractivity contribution is 5.69. The fourth-order valence-electron chi connectivity index (χ4n) is 2.07. The average molecular weight is 262 g/mol. The van der Waals surface area contributed by atoms with Gasteiger partial charge in [0.1, 0.15) is 11.9 Å². The lowest BCUT2D eigenvalue weighted by Crippen LogP contribution is -2.31. The standard InChI is InChI=1S/C14H15FN2O2/c15-14-11(6-16)2-1-3-12(14)8-17(9-13(18)19)7-10-4-5-10/h1-3,10H,4-5,7-9H2,(H,18,19). The lowest BCUT2D eigenvalue weighted by atomic mass is 10.1. The lowest BCUT2D eigenvalue weighted by molar-refractivity contribution is -0.138. The Morgan fingerprint density at radius 1 is 1.53 bits per heavy atom. The van der Waals surface area contributed by atoms with Crippen molar-refractivity contribution in [1.29, 1.82) is 5.26 Å². The van der Waals surface area contributed by atoms with Crippen LogP contribution in [0.1, 0.15) is 24.0 Å². The van der Waals surface area contributed by atoms with E-state index in [0.29, 0.717) is 18.0 Å². The second kappa shape index (κ2) is 5.81. The van der Waals surface area contributed by atoms with E-state index in [1.165, 1.54) is 6.07 Å². The maximum absolute atomic E-state index is 13.9. The highest BCUT2D eigenvalue weighted by atomic mass is 19.1. The van der Waals surface area contributed by atoms with E-state index in [2.05, 4.69) is 0 Å². The van der Waals surface area contributed by atoms with Crippen LogP contribution in [0.2, 0.25) is 0 Å². The summed E-state index contributed by atoms with van der Waals surface area (Å²) in [4.78, 5) is 12.5. The van der Waals surface area contributed by atoms with Crippen LogP contribution in [0, 0.1) is 23.1 Å². The van der Waals surface area contributed by atoms with Gasteiger partial charge in [0.15, 0.2) is 0 Å². The van der Waals surface area contributed by atoms with Crippen molar-refractivity contribution in [3.8, 4) is 6.07 Å². The molecule has 1 fully saturated rings. The van der Waals surface area contributed by atoms with Gasteiger partial charge in [-0.25, -0.2) is 4.39 Å². The molecule has 0 atom stereocenters. The van der Waals surface area contributed by atoms with Crippen molar-refractivity contribution in [1.82, 2.24) is 4.90 Å². The van der Waals surface area contributed by atoms with Crippen molar-refractivity contribution in [3.63, 3.8) is 0 Å². The van der Waals surface area contributed by atoms with Crippen LogP contribution in [0.15, 0.2) is 18.2 Å². The summed E-state index contributed by atoms with van der Waals surface area (Å²) in [6.07, 6.45) is 2.22. The van der Waals surface area contributed by atoms with E-state index in [-0.39, 0.29) is 18.7 Å². The fourth-order valence-corrected chi connectivity index (χ4v) is 2.07. The van der Waals surface area contributed by atoms with E-state index in [1.54, 1.807) is 23.1 Å². The van der Waals surface area contributed by atoms with Gasteiger partial charge in [0.25, 0.3) is 0 Å². The molecular weight excluding hydrogens is 247 g/mol. The predicted octanol–water partition coefficient (Wildman–Crippen LogP) is 1.99. The third kappa shape index (κ3) is 3.76. The van der Waals surface area contributed by atoms with Gasteiger partial charge in [0.05, 0.1) is 12.1 Å². The molecule has 0 spiro atoms. The van der Waals surface area contributed by atoms with Crippen LogP contribution < -0.4 is 0 Å². The number of halogens is 1. The number of carbonyl (C=O) groups is 1. The van der Waals surface area contributed by atoms with Crippen LogP contribution in [0.3, 0.4) is 0 Å². The third-order valence-corrected chi connectivity index (χ3v) is 3.17. The van der Waals surface area contributed by atoms with Crippen LogP contribution in [0.5, 0.6) is 0 Å². The normalized spacial score (nSPS) is 14.4. The summed E-state index contributed by atoms with van der Waals surface area (Å²) in [5, 5.41) is 17.7. The zero-order valence-electron chi connectivity index (χ0n) is 10.5. The first-order valence-corrected chi connectivity index (χ1v) is 6.21. The van der Waals surface area contributed by atoms with Crippen molar-refractivity contribution >= 4 is 5.97 Å². The number of nitriles is 1. The Morgan fingerprint density at radius 2 is 2.26 bits per heavy atom. The number of carboxylic acids is 1. The molecule has 0 amide bonds. The molecule has 5 heteroatoms. The SMILES string of the molecule is N#Cc1cccc(CN(CC(=O)O)CC2CC2)c1F. The highest BCUT2D eigenvalue weighted by Gasteiger charge is 2.25. The average Bonchev–Trinajstić information content (AvgIpc) is 3.15. The van der Waals surface area contributed by atoms with Crippen LogP contribution >= 0.6 is 0 Å². The number of aliphatic carboxylic acids is 1. The zero-order chi connectivity index (χ0) is 13.8. The first kappa shape index (κ1) is 13.5. The number of hydrogen-bond donors (Lipinski definition) is 1. The second-order valence-corrected chi connectivity index (χ2v) is 4.90. The first-order valence-electron chi connectivity index (χ1n) is 6.21. The van der Waals surface area contributed by atoms with E-state index in [9.17, 15) is 9.18 Å². The number of nitrogens with zero attached hydrogens (tertiary/aromatic N) is 2. The molecule has 1 aliphatic rings. The number of carboxylic acid groups (broad SMARTS) is 1. The molecule has 0 saturated heterocycles. The zero-order valence-corrected chi connectivity index (χ0v) is 10.5. The first-order chi connectivity index (χ1) is 9.10. The monoisotopic (exact) mass is 262 g/mol. The van der Waals surface area contributed by atoms with Crippen LogP contribution in [0.4, 0.5) is 4.39 Å². The lowest BCUT2D eigenvalue weighted by Gasteiger charge is -2.20. The predicted molar refractivity (Wildman–Crippen MR) is 66.8 cm³/mol. The number of rotatable bonds is 6. The molecule has 1 aromatic rings. The fraction of sp³-hybridized carbons (Fsp3) is 0.429. The molecule has 0 bridgehead atoms. The summed E-state index contributed by atoms with van der Waals surface area (Å²) in [5.41, 5.74) is 0.375. The van der Waals surface area contributed by atoms with Crippen molar-refractivity contribution < 1.29 is 14.3 Å². The van der Waals surface area contributed by atoms with E-state index in [4.69, 9.17) is 10.4 Å². The molecule has 1 aromatic carbocycles. The molecule has 19 heavy (non-hydrogen) atoms. The molecule has 2 rings (SSSR count). The summed E-state index contributed by atoms with van der Waals surface area (Å²) in [6, 6.07) is 6.42. The maximum Gasteiger partial charge on any atom is 0.317 e.